The first-order chi connectivity index (χ1) is 7.04. The third-order valence-electron chi connectivity index (χ3n) is 2.02. The number of aliphatic hydroxyl groups is 1. The molecule has 3 heteroatoms. The van der Waals surface area contributed by atoms with Crippen LogP contribution in [0.3, 0.4) is 0 Å². The van der Waals surface area contributed by atoms with Gasteiger partial charge in [-0.3, -0.25) is 0 Å². The first kappa shape index (κ1) is 12.0. The molecule has 1 N–H and O–H groups in total. The largest absolute Gasteiger partial charge is 0.488 e. The highest BCUT2D eigenvalue weighted by Gasteiger charge is 2.10. The average molecular weight is 211 g/mol. The molecule has 2 nitrogen and oxygen atoms in total. The van der Waals surface area contributed by atoms with Crippen molar-refractivity contribution in [3.63, 3.8) is 0 Å². The Balaban J connectivity index is 2.88. The van der Waals surface area contributed by atoms with Crippen molar-refractivity contribution >= 4 is 0 Å². The standard InChI is InChI=1S/C12H16FO2/c1-8(2)15-12-5-4-10(6-11(12)13)9(3)7-14/h4-6,8,14H,7H2,1-3H3. The van der Waals surface area contributed by atoms with Crippen LogP contribution in [0.5, 0.6) is 5.75 Å². The fourth-order valence-electron chi connectivity index (χ4n) is 1.21. The second-order valence-electron chi connectivity index (χ2n) is 3.75. The zero-order valence-electron chi connectivity index (χ0n) is 9.25. The Morgan fingerprint density at radius 2 is 2.13 bits per heavy atom. The Morgan fingerprint density at radius 3 is 2.60 bits per heavy atom. The van der Waals surface area contributed by atoms with Crippen molar-refractivity contribution in [1.82, 2.24) is 0 Å². The lowest BCUT2D eigenvalue weighted by Gasteiger charge is -2.13. The summed E-state index contributed by atoms with van der Waals surface area (Å²) in [5.74, 6) is 0.596. The molecule has 0 heterocycles. The molecular formula is C12H16FO2. The van der Waals surface area contributed by atoms with Gasteiger partial charge in [-0.25, -0.2) is 4.39 Å². The predicted octanol–water partition coefficient (Wildman–Crippen LogP) is 2.55. The van der Waals surface area contributed by atoms with Crippen LogP contribution in [0.15, 0.2) is 18.2 Å². The van der Waals surface area contributed by atoms with Crippen LogP contribution in [0.1, 0.15) is 26.3 Å². The summed E-state index contributed by atoms with van der Waals surface area (Å²) in [6, 6.07) is 4.71. The minimum atomic E-state index is -0.394. The molecule has 1 radical (unpaired) electrons. The molecule has 0 fully saturated rings. The number of rotatable bonds is 4. The molecule has 1 aromatic carbocycles. The van der Waals surface area contributed by atoms with Crippen LogP contribution in [-0.2, 0) is 0 Å². The van der Waals surface area contributed by atoms with Crippen LogP contribution in [0.2, 0.25) is 0 Å². The number of aliphatic hydroxyl groups excluding tert-OH is 1. The van der Waals surface area contributed by atoms with E-state index in [9.17, 15) is 4.39 Å². The Labute approximate surface area is 89.7 Å². The molecule has 1 rings (SSSR count). The van der Waals surface area contributed by atoms with E-state index in [1.807, 2.05) is 13.8 Å². The van der Waals surface area contributed by atoms with Crippen molar-refractivity contribution in [3.05, 3.63) is 35.5 Å². The molecule has 0 aromatic heterocycles. The Kier molecular flexibility index (Phi) is 4.09. The monoisotopic (exact) mass is 211 g/mol. The average Bonchev–Trinajstić information content (AvgIpc) is 2.19. The van der Waals surface area contributed by atoms with Crippen LogP contribution < -0.4 is 4.74 Å². The van der Waals surface area contributed by atoms with Crippen molar-refractivity contribution in [2.45, 2.75) is 26.9 Å². The van der Waals surface area contributed by atoms with Crippen LogP contribution in [-0.4, -0.2) is 17.8 Å². The van der Waals surface area contributed by atoms with E-state index >= 15 is 0 Å². The first-order valence-electron chi connectivity index (χ1n) is 4.94. The van der Waals surface area contributed by atoms with Crippen molar-refractivity contribution in [1.29, 1.82) is 0 Å². The zero-order chi connectivity index (χ0) is 11.4. The van der Waals surface area contributed by atoms with E-state index in [-0.39, 0.29) is 18.5 Å². The molecule has 1 aromatic rings. The summed E-state index contributed by atoms with van der Waals surface area (Å²) in [6.45, 7) is 5.39. The molecule has 0 aliphatic rings. The third-order valence-corrected chi connectivity index (χ3v) is 2.02. The summed E-state index contributed by atoms with van der Waals surface area (Å²) in [4.78, 5) is 0. The van der Waals surface area contributed by atoms with E-state index in [4.69, 9.17) is 9.84 Å². The molecule has 0 bridgehead atoms. The van der Waals surface area contributed by atoms with Crippen LogP contribution in [0.25, 0.3) is 0 Å². The molecule has 0 aliphatic carbocycles. The highest BCUT2D eigenvalue weighted by molar-refractivity contribution is 5.36. The van der Waals surface area contributed by atoms with Crippen molar-refractivity contribution < 1.29 is 14.2 Å². The highest BCUT2D eigenvalue weighted by atomic mass is 19.1. The summed E-state index contributed by atoms with van der Waals surface area (Å²) in [5.41, 5.74) is 0.700. The minimum Gasteiger partial charge on any atom is -0.488 e. The topological polar surface area (TPSA) is 29.5 Å². The maximum absolute atomic E-state index is 13.5. The van der Waals surface area contributed by atoms with Crippen LogP contribution in [0, 0.1) is 11.7 Å². The normalized spacial score (nSPS) is 11.1. The highest BCUT2D eigenvalue weighted by Crippen LogP contribution is 2.23. The summed E-state index contributed by atoms with van der Waals surface area (Å²) in [5, 5.41) is 8.90. The van der Waals surface area contributed by atoms with Gasteiger partial charge >= 0.3 is 0 Å². The summed E-state index contributed by atoms with van der Waals surface area (Å²) >= 11 is 0. The molecular weight excluding hydrogens is 195 g/mol. The molecule has 0 amide bonds. The van der Waals surface area contributed by atoms with E-state index in [0.29, 0.717) is 5.56 Å². The molecule has 0 atom stereocenters. The lowest BCUT2D eigenvalue weighted by atomic mass is 10.0. The molecule has 0 aliphatic heterocycles. The predicted molar refractivity (Wildman–Crippen MR) is 57.3 cm³/mol. The Hall–Kier alpha value is -1.09. The summed E-state index contributed by atoms with van der Waals surface area (Å²) < 4.78 is 18.8. The lowest BCUT2D eigenvalue weighted by Crippen LogP contribution is -2.08. The molecule has 0 unspecified atom stereocenters. The quantitative estimate of drug-likeness (QED) is 0.829. The van der Waals surface area contributed by atoms with Gasteiger partial charge in [-0.1, -0.05) is 13.0 Å². The SMILES string of the molecule is C[C](CO)c1ccc(OC(C)C)c(F)c1. The van der Waals surface area contributed by atoms with E-state index in [2.05, 4.69) is 0 Å². The van der Waals surface area contributed by atoms with Crippen LogP contribution >= 0.6 is 0 Å². The fourth-order valence-corrected chi connectivity index (χ4v) is 1.21. The lowest BCUT2D eigenvalue weighted by molar-refractivity contribution is 0.231. The first-order valence-corrected chi connectivity index (χ1v) is 4.94. The van der Waals surface area contributed by atoms with E-state index in [1.165, 1.54) is 6.07 Å². The van der Waals surface area contributed by atoms with Crippen molar-refractivity contribution in [2.75, 3.05) is 6.61 Å². The van der Waals surface area contributed by atoms with E-state index in [1.54, 1.807) is 19.1 Å². The number of hydrogen-bond acceptors (Lipinski definition) is 2. The molecule has 0 saturated carbocycles. The Morgan fingerprint density at radius 1 is 1.47 bits per heavy atom. The molecule has 0 saturated heterocycles. The molecule has 15 heavy (non-hydrogen) atoms. The van der Waals surface area contributed by atoms with Crippen molar-refractivity contribution in [3.8, 4) is 5.75 Å². The van der Waals surface area contributed by atoms with Gasteiger partial charge in [0.25, 0.3) is 0 Å². The van der Waals surface area contributed by atoms with Crippen molar-refractivity contribution in [2.24, 2.45) is 0 Å². The second kappa shape index (κ2) is 5.12. The van der Waals surface area contributed by atoms with Gasteiger partial charge in [-0.05, 0) is 31.5 Å². The van der Waals surface area contributed by atoms with Gasteiger partial charge in [0.15, 0.2) is 11.6 Å². The maximum Gasteiger partial charge on any atom is 0.165 e. The minimum absolute atomic E-state index is 0.0479. The van der Waals surface area contributed by atoms with Crippen LogP contribution in [0.4, 0.5) is 4.39 Å². The Bertz CT molecular complexity index is 323. The number of hydrogen-bond donors (Lipinski definition) is 1. The number of benzene rings is 1. The molecule has 83 valence electrons. The van der Waals surface area contributed by atoms with Gasteiger partial charge in [0, 0.05) is 5.92 Å². The smallest absolute Gasteiger partial charge is 0.165 e. The van der Waals surface area contributed by atoms with E-state index < -0.39 is 5.82 Å². The third kappa shape index (κ3) is 3.20. The maximum atomic E-state index is 13.5. The van der Waals surface area contributed by atoms with Gasteiger partial charge in [-0.2, -0.15) is 0 Å². The zero-order valence-corrected chi connectivity index (χ0v) is 9.25. The van der Waals surface area contributed by atoms with Gasteiger partial charge in [-0.15, -0.1) is 0 Å². The number of halogens is 1. The fraction of sp³-hybridized carbons (Fsp3) is 0.417. The van der Waals surface area contributed by atoms with E-state index in [0.717, 1.165) is 5.92 Å². The summed E-state index contributed by atoms with van der Waals surface area (Å²) in [7, 11) is 0. The summed E-state index contributed by atoms with van der Waals surface area (Å²) in [6.07, 6.45) is -0.0479. The van der Waals surface area contributed by atoms with Gasteiger partial charge in [0.2, 0.25) is 0 Å². The second-order valence-corrected chi connectivity index (χ2v) is 3.75. The van der Waals surface area contributed by atoms with Gasteiger partial charge in [0.05, 0.1) is 12.7 Å². The van der Waals surface area contributed by atoms with Gasteiger partial charge in [0.1, 0.15) is 0 Å². The number of ether oxygens (including phenoxy) is 1. The molecule has 0 spiro atoms. The van der Waals surface area contributed by atoms with Gasteiger partial charge < -0.3 is 9.84 Å².